The molecule has 6 nitrogen and oxygen atoms in total. The summed E-state index contributed by atoms with van der Waals surface area (Å²) in [5.41, 5.74) is 2.18. The van der Waals surface area contributed by atoms with Crippen LogP contribution >= 0.6 is 0 Å². The van der Waals surface area contributed by atoms with Crippen LogP contribution in [0.25, 0.3) is 0 Å². The third-order valence-corrected chi connectivity index (χ3v) is 5.42. The molecule has 0 saturated carbocycles. The Balaban J connectivity index is 1.66. The molecular formula is C21H28N4O2. The van der Waals surface area contributed by atoms with E-state index in [1.165, 1.54) is 0 Å². The summed E-state index contributed by atoms with van der Waals surface area (Å²) in [5.74, 6) is 0.657. The molecule has 0 aliphatic carbocycles. The molecule has 144 valence electrons. The average molecular weight is 368 g/mol. The molecule has 1 aliphatic heterocycles. The van der Waals surface area contributed by atoms with Crippen LogP contribution in [0.3, 0.4) is 0 Å². The maximum Gasteiger partial charge on any atom is 0.226 e. The monoisotopic (exact) mass is 368 g/mol. The standard InChI is InChI=1S/C21H28N4O2/c1-4-25-19(26)14-18(20(25)17-9-6-5-8-15(17)2)21(27)23-10-7-12-24-13-11-22-16(24)3/h5-6,8-9,11,13,18,20H,4,7,10,12,14H2,1-3H3,(H,23,27)/t18-,20+/m1/s1. The molecule has 1 aromatic heterocycles. The van der Waals surface area contributed by atoms with Crippen molar-refractivity contribution in [2.24, 2.45) is 5.92 Å². The van der Waals surface area contributed by atoms with E-state index in [0.29, 0.717) is 13.1 Å². The van der Waals surface area contributed by atoms with E-state index in [4.69, 9.17) is 0 Å². The molecule has 0 bridgehead atoms. The lowest BCUT2D eigenvalue weighted by Gasteiger charge is -2.28. The molecule has 1 aromatic carbocycles. The first-order valence-corrected chi connectivity index (χ1v) is 9.63. The van der Waals surface area contributed by atoms with Crippen LogP contribution in [0.15, 0.2) is 36.7 Å². The third-order valence-electron chi connectivity index (χ3n) is 5.42. The van der Waals surface area contributed by atoms with Gasteiger partial charge in [0.1, 0.15) is 5.82 Å². The summed E-state index contributed by atoms with van der Waals surface area (Å²) in [4.78, 5) is 31.4. The van der Waals surface area contributed by atoms with Gasteiger partial charge in [0, 0.05) is 38.4 Å². The van der Waals surface area contributed by atoms with Crippen LogP contribution in [0.4, 0.5) is 0 Å². The van der Waals surface area contributed by atoms with Crippen molar-refractivity contribution < 1.29 is 9.59 Å². The average Bonchev–Trinajstić information content (AvgIpc) is 3.21. The van der Waals surface area contributed by atoms with Gasteiger partial charge < -0.3 is 14.8 Å². The summed E-state index contributed by atoms with van der Waals surface area (Å²) in [6, 6.07) is 7.85. The van der Waals surface area contributed by atoms with Crippen LogP contribution in [-0.2, 0) is 16.1 Å². The van der Waals surface area contributed by atoms with Crippen LogP contribution in [0.1, 0.15) is 42.8 Å². The molecular weight excluding hydrogens is 340 g/mol. The van der Waals surface area contributed by atoms with E-state index >= 15 is 0 Å². The summed E-state index contributed by atoms with van der Waals surface area (Å²) < 4.78 is 2.07. The van der Waals surface area contributed by atoms with Gasteiger partial charge in [-0.25, -0.2) is 4.98 Å². The molecule has 0 spiro atoms. The fraction of sp³-hybridized carbons (Fsp3) is 0.476. The number of rotatable bonds is 7. The van der Waals surface area contributed by atoms with Crippen molar-refractivity contribution in [3.63, 3.8) is 0 Å². The molecule has 3 rings (SSSR count). The molecule has 1 N–H and O–H groups in total. The normalized spacial score (nSPS) is 19.5. The van der Waals surface area contributed by atoms with Gasteiger partial charge in [0.25, 0.3) is 0 Å². The minimum Gasteiger partial charge on any atom is -0.356 e. The first-order chi connectivity index (χ1) is 13.0. The van der Waals surface area contributed by atoms with Gasteiger partial charge in [-0.2, -0.15) is 0 Å². The predicted molar refractivity (Wildman–Crippen MR) is 104 cm³/mol. The van der Waals surface area contributed by atoms with Gasteiger partial charge in [-0.05, 0) is 38.3 Å². The molecule has 1 saturated heterocycles. The zero-order chi connectivity index (χ0) is 19.4. The van der Waals surface area contributed by atoms with Gasteiger partial charge in [0.15, 0.2) is 0 Å². The summed E-state index contributed by atoms with van der Waals surface area (Å²) in [6.07, 6.45) is 4.83. The van der Waals surface area contributed by atoms with Crippen molar-refractivity contribution in [2.75, 3.05) is 13.1 Å². The molecule has 2 heterocycles. The predicted octanol–water partition coefficient (Wildman–Crippen LogP) is 2.62. The summed E-state index contributed by atoms with van der Waals surface area (Å²) in [5, 5.41) is 3.04. The van der Waals surface area contributed by atoms with E-state index in [9.17, 15) is 9.59 Å². The summed E-state index contributed by atoms with van der Waals surface area (Å²) >= 11 is 0. The Kier molecular flexibility index (Phi) is 5.94. The molecule has 2 atom stereocenters. The van der Waals surface area contributed by atoms with Crippen molar-refractivity contribution in [1.82, 2.24) is 19.8 Å². The van der Waals surface area contributed by atoms with Gasteiger partial charge in [-0.15, -0.1) is 0 Å². The molecule has 0 radical (unpaired) electrons. The van der Waals surface area contributed by atoms with Crippen molar-refractivity contribution in [3.05, 3.63) is 53.6 Å². The first-order valence-electron chi connectivity index (χ1n) is 9.63. The lowest BCUT2D eigenvalue weighted by molar-refractivity contribution is -0.129. The zero-order valence-corrected chi connectivity index (χ0v) is 16.3. The number of carbonyl (C=O) groups excluding carboxylic acids is 2. The number of amides is 2. The Morgan fingerprint density at radius 2 is 2.07 bits per heavy atom. The van der Waals surface area contributed by atoms with E-state index in [1.54, 1.807) is 6.20 Å². The smallest absolute Gasteiger partial charge is 0.226 e. The Hall–Kier alpha value is -2.63. The first kappa shape index (κ1) is 19.1. The fourth-order valence-electron chi connectivity index (χ4n) is 3.93. The Bertz CT molecular complexity index is 814. The topological polar surface area (TPSA) is 67.2 Å². The molecule has 1 aliphatic rings. The van der Waals surface area contributed by atoms with Gasteiger partial charge in [0.05, 0.1) is 12.0 Å². The molecule has 2 amide bonds. The SMILES string of the molecule is CCN1C(=O)C[C@@H](C(=O)NCCCn2ccnc2C)[C@@H]1c1ccccc1C. The lowest BCUT2D eigenvalue weighted by atomic mass is 9.90. The van der Waals surface area contributed by atoms with Crippen molar-refractivity contribution in [3.8, 4) is 0 Å². The van der Waals surface area contributed by atoms with Gasteiger partial charge in [-0.1, -0.05) is 24.3 Å². The molecule has 6 heteroatoms. The molecule has 0 unspecified atom stereocenters. The minimum absolute atomic E-state index is 0.0325. The van der Waals surface area contributed by atoms with Crippen LogP contribution in [0, 0.1) is 19.8 Å². The van der Waals surface area contributed by atoms with Gasteiger partial charge >= 0.3 is 0 Å². The Labute approximate surface area is 160 Å². The maximum atomic E-state index is 12.9. The second-order valence-electron chi connectivity index (χ2n) is 7.10. The molecule has 1 fully saturated rings. The van der Waals surface area contributed by atoms with Crippen LogP contribution in [0.5, 0.6) is 0 Å². The highest BCUT2D eigenvalue weighted by Gasteiger charge is 2.44. The van der Waals surface area contributed by atoms with Crippen LogP contribution in [0.2, 0.25) is 0 Å². The highest BCUT2D eigenvalue weighted by Crippen LogP contribution is 2.39. The van der Waals surface area contributed by atoms with Crippen molar-refractivity contribution >= 4 is 11.8 Å². The number of hydrogen-bond acceptors (Lipinski definition) is 3. The Morgan fingerprint density at radius 1 is 1.30 bits per heavy atom. The number of aromatic nitrogens is 2. The van der Waals surface area contributed by atoms with Crippen LogP contribution < -0.4 is 5.32 Å². The van der Waals surface area contributed by atoms with Gasteiger partial charge in [-0.3, -0.25) is 9.59 Å². The summed E-state index contributed by atoms with van der Waals surface area (Å²) in [6.45, 7) is 7.99. The summed E-state index contributed by atoms with van der Waals surface area (Å²) in [7, 11) is 0. The van der Waals surface area contributed by atoms with Crippen LogP contribution in [-0.4, -0.2) is 39.4 Å². The number of imidazole rings is 1. The largest absolute Gasteiger partial charge is 0.356 e. The number of carbonyl (C=O) groups is 2. The van der Waals surface area contributed by atoms with Gasteiger partial charge in [0.2, 0.25) is 11.8 Å². The lowest BCUT2D eigenvalue weighted by Crippen LogP contribution is -2.36. The zero-order valence-electron chi connectivity index (χ0n) is 16.3. The Morgan fingerprint density at radius 3 is 2.74 bits per heavy atom. The number of benzene rings is 1. The highest BCUT2D eigenvalue weighted by atomic mass is 16.2. The molecule has 2 aromatic rings. The number of likely N-dealkylation sites (tertiary alicyclic amines) is 1. The number of aryl methyl sites for hydroxylation is 3. The molecule has 27 heavy (non-hydrogen) atoms. The van der Waals surface area contributed by atoms with E-state index in [2.05, 4.69) is 14.9 Å². The third kappa shape index (κ3) is 4.04. The number of hydrogen-bond donors (Lipinski definition) is 1. The second-order valence-corrected chi connectivity index (χ2v) is 7.10. The van der Waals surface area contributed by atoms with Crippen molar-refractivity contribution in [2.45, 2.75) is 46.2 Å². The second kappa shape index (κ2) is 8.37. The van der Waals surface area contributed by atoms with E-state index in [0.717, 1.165) is 29.9 Å². The fourth-order valence-corrected chi connectivity index (χ4v) is 3.93. The minimum atomic E-state index is -0.339. The highest BCUT2D eigenvalue weighted by molar-refractivity contribution is 5.90. The van der Waals surface area contributed by atoms with E-state index < -0.39 is 0 Å². The number of nitrogens with one attached hydrogen (secondary N) is 1. The maximum absolute atomic E-state index is 12.9. The van der Waals surface area contributed by atoms with E-state index in [-0.39, 0.29) is 30.2 Å². The van der Waals surface area contributed by atoms with E-state index in [1.807, 2.05) is 56.1 Å². The van der Waals surface area contributed by atoms with Crippen molar-refractivity contribution in [1.29, 1.82) is 0 Å². The number of nitrogens with zero attached hydrogens (tertiary/aromatic N) is 3. The quantitative estimate of drug-likeness (QED) is 0.764.